The van der Waals surface area contributed by atoms with E-state index in [0.29, 0.717) is 16.8 Å². The summed E-state index contributed by atoms with van der Waals surface area (Å²) < 4.78 is 9.90. The molecule has 2 aromatic rings. The molecule has 1 unspecified atom stereocenters. The molecule has 7 heteroatoms. The van der Waals surface area contributed by atoms with Crippen LogP contribution in [0.3, 0.4) is 0 Å². The Balaban J connectivity index is 2.40. The van der Waals surface area contributed by atoms with Crippen LogP contribution in [0, 0.1) is 0 Å². The summed E-state index contributed by atoms with van der Waals surface area (Å²) in [5.74, 6) is -1.22. The maximum atomic E-state index is 12.8. The smallest absolute Gasteiger partial charge is 0.394 e. The third-order valence-corrected chi connectivity index (χ3v) is 4.99. The summed E-state index contributed by atoms with van der Waals surface area (Å²) in [6, 6.07) is 14.6. The van der Waals surface area contributed by atoms with Crippen molar-refractivity contribution in [2.45, 2.75) is 0 Å². The van der Waals surface area contributed by atoms with Gasteiger partial charge in [0, 0.05) is 23.8 Å². The van der Waals surface area contributed by atoms with Crippen molar-refractivity contribution in [2.75, 3.05) is 21.3 Å². The third kappa shape index (κ3) is 2.81. The number of esters is 2. The second-order valence-electron chi connectivity index (χ2n) is 6.14. The third-order valence-electron chi connectivity index (χ3n) is 4.75. The fourth-order valence-electron chi connectivity index (χ4n) is 3.44. The number of nitrogens with two attached hydrogens (primary N) is 1. The molecule has 0 radical (unpaired) electrons. The highest BCUT2D eigenvalue weighted by Gasteiger charge is 2.51. The molecule has 1 aliphatic rings. The Morgan fingerprint density at radius 1 is 1.00 bits per heavy atom. The molecular formula is C20H19N2O4S+. The molecule has 138 valence electrons. The van der Waals surface area contributed by atoms with E-state index in [1.165, 1.54) is 14.2 Å². The second kappa shape index (κ2) is 6.94. The van der Waals surface area contributed by atoms with Crippen LogP contribution in [-0.2, 0) is 19.1 Å². The van der Waals surface area contributed by atoms with Crippen LogP contribution in [0.2, 0.25) is 0 Å². The highest BCUT2D eigenvalue weighted by molar-refractivity contribution is 7.80. The van der Waals surface area contributed by atoms with Gasteiger partial charge in [-0.1, -0.05) is 36.5 Å². The minimum atomic E-state index is -0.616. The number of para-hydroxylation sites is 1. The molecule has 0 aliphatic carbocycles. The van der Waals surface area contributed by atoms with E-state index in [1.807, 2.05) is 31.3 Å². The number of methoxy groups -OCH3 is 2. The Bertz CT molecular complexity index is 999. The molecule has 2 N–H and O–H groups in total. The van der Waals surface area contributed by atoms with Crippen LogP contribution in [0.15, 0.2) is 54.2 Å². The number of rotatable bonds is 4. The van der Waals surface area contributed by atoms with Gasteiger partial charge in [-0.15, -0.1) is 0 Å². The summed E-state index contributed by atoms with van der Waals surface area (Å²) in [4.78, 5) is 25.6. The molecule has 0 saturated carbocycles. The zero-order chi connectivity index (χ0) is 19.8. The number of carbonyl (C=O) groups excluding carboxylic acids is 2. The summed E-state index contributed by atoms with van der Waals surface area (Å²) >= 11 is 5.09. The lowest BCUT2D eigenvalue weighted by molar-refractivity contribution is -0.138. The van der Waals surface area contributed by atoms with E-state index in [4.69, 9.17) is 27.4 Å². The van der Waals surface area contributed by atoms with Crippen LogP contribution in [0.5, 0.6) is 0 Å². The van der Waals surface area contributed by atoms with Crippen molar-refractivity contribution in [3.63, 3.8) is 0 Å². The van der Waals surface area contributed by atoms with Crippen molar-refractivity contribution < 1.29 is 19.1 Å². The topological polar surface area (TPSA) is 78.6 Å². The Morgan fingerprint density at radius 2 is 1.67 bits per heavy atom. The number of nitrogens with zero attached hydrogens (tertiary/aromatic N) is 1. The molecule has 6 nitrogen and oxygen atoms in total. The van der Waals surface area contributed by atoms with Gasteiger partial charge in [0.15, 0.2) is 5.69 Å². The van der Waals surface area contributed by atoms with E-state index in [0.717, 1.165) is 5.69 Å². The number of quaternary nitrogens is 1. The second-order valence-corrected chi connectivity index (χ2v) is 6.58. The van der Waals surface area contributed by atoms with Gasteiger partial charge in [0.25, 0.3) is 0 Å². The van der Waals surface area contributed by atoms with Crippen molar-refractivity contribution >= 4 is 46.1 Å². The van der Waals surface area contributed by atoms with Gasteiger partial charge in [-0.2, -0.15) is 0 Å². The predicted molar refractivity (Wildman–Crippen MR) is 107 cm³/mol. The largest absolute Gasteiger partial charge is 0.465 e. The summed E-state index contributed by atoms with van der Waals surface area (Å²) in [5, 5.41) is 0. The van der Waals surface area contributed by atoms with Crippen LogP contribution >= 0.6 is 12.2 Å². The molecule has 0 fully saturated rings. The Morgan fingerprint density at radius 3 is 2.30 bits per heavy atom. The summed E-state index contributed by atoms with van der Waals surface area (Å²) in [7, 11) is 4.38. The molecular weight excluding hydrogens is 364 g/mol. The van der Waals surface area contributed by atoms with Gasteiger partial charge in [-0.05, 0) is 6.07 Å². The van der Waals surface area contributed by atoms with E-state index in [2.05, 4.69) is 0 Å². The van der Waals surface area contributed by atoms with Gasteiger partial charge in [-0.25, -0.2) is 14.1 Å². The first-order valence-electron chi connectivity index (χ1n) is 8.14. The van der Waals surface area contributed by atoms with Crippen LogP contribution < -0.4 is 10.2 Å². The van der Waals surface area contributed by atoms with Crippen molar-refractivity contribution in [1.29, 1.82) is 0 Å². The number of hydrogen-bond donors (Lipinski definition) is 1. The van der Waals surface area contributed by atoms with E-state index in [1.54, 1.807) is 24.3 Å². The summed E-state index contributed by atoms with van der Waals surface area (Å²) in [5.41, 5.74) is 8.88. The monoisotopic (exact) mass is 383 g/mol. The van der Waals surface area contributed by atoms with Gasteiger partial charge in [0.2, 0.25) is 5.70 Å². The molecule has 2 aromatic carbocycles. The molecule has 0 spiro atoms. The quantitative estimate of drug-likeness (QED) is 0.497. The predicted octanol–water partition coefficient (Wildman–Crippen LogP) is 2.66. The van der Waals surface area contributed by atoms with Crippen LogP contribution in [0.1, 0.15) is 11.1 Å². The van der Waals surface area contributed by atoms with Gasteiger partial charge >= 0.3 is 11.9 Å². The Kier molecular flexibility index (Phi) is 4.82. The lowest BCUT2D eigenvalue weighted by atomic mass is 10.1. The maximum absolute atomic E-state index is 12.8. The average molecular weight is 383 g/mol. The van der Waals surface area contributed by atoms with E-state index in [-0.39, 0.29) is 20.7 Å². The minimum Gasteiger partial charge on any atom is -0.465 e. The van der Waals surface area contributed by atoms with Crippen molar-refractivity contribution in [1.82, 2.24) is 4.48 Å². The number of ether oxygens (including phenoxy) is 2. The normalized spacial score (nSPS) is 18.0. The molecule has 0 bridgehead atoms. The first-order valence-corrected chi connectivity index (χ1v) is 8.55. The van der Waals surface area contributed by atoms with Crippen LogP contribution in [0.25, 0.3) is 5.57 Å². The van der Waals surface area contributed by atoms with Crippen molar-refractivity contribution in [3.8, 4) is 0 Å². The summed E-state index contributed by atoms with van der Waals surface area (Å²) in [6.07, 6.45) is 0. The maximum Gasteiger partial charge on any atom is 0.394 e. The van der Waals surface area contributed by atoms with Gasteiger partial charge in [0.1, 0.15) is 16.2 Å². The van der Waals surface area contributed by atoms with E-state index < -0.39 is 11.9 Å². The first kappa shape index (κ1) is 18.8. The van der Waals surface area contributed by atoms with Gasteiger partial charge in [0.05, 0.1) is 26.8 Å². The average Bonchev–Trinajstić information content (AvgIpc) is 2.97. The molecule has 1 aliphatic heterocycles. The summed E-state index contributed by atoms with van der Waals surface area (Å²) in [6.45, 7) is 0. The number of benzene rings is 2. The molecule has 1 heterocycles. The highest BCUT2D eigenvalue weighted by Crippen LogP contribution is 2.50. The Hall–Kier alpha value is -3.03. The number of fused-ring (bicyclic) bond motifs is 1. The number of thiocarbonyl (C=S) groups is 1. The zero-order valence-corrected chi connectivity index (χ0v) is 16.0. The molecule has 0 aromatic heterocycles. The number of likely N-dealkylation sites (N-methyl/N-ethyl adjacent to an activating group) is 1. The number of hydrogen-bond acceptors (Lipinski definition) is 5. The fraction of sp³-hybridized carbons (Fsp3) is 0.150. The minimum absolute atomic E-state index is 0.0657. The van der Waals surface area contributed by atoms with Crippen LogP contribution in [-0.4, -0.2) is 38.2 Å². The van der Waals surface area contributed by atoms with Gasteiger partial charge in [-0.3, -0.25) is 0 Å². The lowest BCUT2D eigenvalue weighted by Crippen LogP contribution is -2.41. The molecule has 3 rings (SSSR count). The highest BCUT2D eigenvalue weighted by atomic mass is 32.1. The van der Waals surface area contributed by atoms with Crippen molar-refractivity contribution in [3.05, 3.63) is 65.4 Å². The van der Waals surface area contributed by atoms with Crippen molar-refractivity contribution in [2.24, 2.45) is 5.73 Å². The SMILES string of the molecule is COC(=O)C1=C(C(=O)OC)[N+](C)(c2cccc(C(N)=S)c2)c2ccccc21. The Labute approximate surface area is 162 Å². The molecule has 0 saturated heterocycles. The van der Waals surface area contributed by atoms with E-state index in [9.17, 15) is 9.59 Å². The molecule has 1 atom stereocenters. The lowest BCUT2D eigenvalue weighted by Gasteiger charge is -2.31. The molecule has 27 heavy (non-hydrogen) atoms. The van der Waals surface area contributed by atoms with E-state index >= 15 is 0 Å². The van der Waals surface area contributed by atoms with Crippen LogP contribution in [0.4, 0.5) is 11.4 Å². The number of carbonyl (C=O) groups is 2. The standard InChI is InChI=1S/C20H18N2O4S/c1-22(13-8-6-7-12(11-13)18(21)27)15-10-5-4-9-14(15)16(19(23)25-2)17(22)20(24)26-3/h4-11H,1-3H3,(H-,21,27)/p+1. The molecule has 0 amide bonds. The first-order chi connectivity index (χ1) is 12.9. The fourth-order valence-corrected chi connectivity index (χ4v) is 3.57. The van der Waals surface area contributed by atoms with Gasteiger partial charge < -0.3 is 15.2 Å². The zero-order valence-electron chi connectivity index (χ0n) is 15.2.